The third-order valence-electron chi connectivity index (χ3n) is 3.48. The van der Waals surface area contributed by atoms with Crippen LogP contribution in [0.4, 0.5) is 4.39 Å². The van der Waals surface area contributed by atoms with E-state index in [4.69, 9.17) is 11.6 Å². The molecule has 0 aliphatic heterocycles. The molecule has 0 bridgehead atoms. The quantitative estimate of drug-likeness (QED) is 0.604. The van der Waals surface area contributed by atoms with E-state index in [9.17, 15) is 4.39 Å². The maximum absolute atomic E-state index is 14.0. The molecule has 2 nitrogen and oxygen atoms in total. The zero-order valence-electron chi connectivity index (χ0n) is 12.2. The number of alkyl halides is 1. The standard InChI is InChI=1S/C17H16ClFN2/c1-10-7-11(2)9-13(8-10)21-15-6-4-5-14(19)16(15)20-17(21)12(3)18/h4-9,12H,1-3H3. The van der Waals surface area contributed by atoms with Gasteiger partial charge >= 0.3 is 0 Å². The smallest absolute Gasteiger partial charge is 0.151 e. The van der Waals surface area contributed by atoms with E-state index < -0.39 is 0 Å². The minimum absolute atomic E-state index is 0.308. The van der Waals surface area contributed by atoms with Crippen LogP contribution in [0.3, 0.4) is 0 Å². The molecule has 1 heterocycles. The van der Waals surface area contributed by atoms with Crippen molar-refractivity contribution in [2.24, 2.45) is 0 Å². The van der Waals surface area contributed by atoms with E-state index in [0.29, 0.717) is 11.3 Å². The van der Waals surface area contributed by atoms with Crippen LogP contribution in [0.1, 0.15) is 29.3 Å². The Kier molecular flexibility index (Phi) is 3.46. The summed E-state index contributed by atoms with van der Waals surface area (Å²) >= 11 is 6.26. The predicted molar refractivity (Wildman–Crippen MR) is 84.8 cm³/mol. The van der Waals surface area contributed by atoms with Crippen LogP contribution < -0.4 is 0 Å². The van der Waals surface area contributed by atoms with Crippen LogP contribution in [0.5, 0.6) is 0 Å². The SMILES string of the molecule is Cc1cc(C)cc(-n2c(C(C)Cl)nc3c(F)cccc32)c1. The molecule has 0 saturated carbocycles. The van der Waals surface area contributed by atoms with Crippen molar-refractivity contribution in [1.29, 1.82) is 0 Å². The summed E-state index contributed by atoms with van der Waals surface area (Å²) in [5.74, 6) is 0.330. The molecule has 21 heavy (non-hydrogen) atoms. The van der Waals surface area contributed by atoms with E-state index in [1.54, 1.807) is 6.07 Å². The fourth-order valence-corrected chi connectivity index (χ4v) is 2.85. The number of aryl methyl sites for hydroxylation is 2. The molecule has 3 aromatic rings. The van der Waals surface area contributed by atoms with Crippen molar-refractivity contribution < 1.29 is 4.39 Å². The number of rotatable bonds is 2. The molecule has 1 atom stereocenters. The van der Waals surface area contributed by atoms with Crippen LogP contribution in [0, 0.1) is 19.7 Å². The van der Waals surface area contributed by atoms with Gasteiger partial charge in [0.1, 0.15) is 11.3 Å². The van der Waals surface area contributed by atoms with Crippen LogP contribution in [0.2, 0.25) is 0 Å². The molecule has 0 fully saturated rings. The summed E-state index contributed by atoms with van der Waals surface area (Å²) in [5.41, 5.74) is 4.36. The number of benzene rings is 2. The van der Waals surface area contributed by atoms with E-state index in [-0.39, 0.29) is 11.2 Å². The van der Waals surface area contributed by atoms with Crippen LogP contribution >= 0.6 is 11.6 Å². The first-order valence-corrected chi connectivity index (χ1v) is 7.30. The molecule has 1 aromatic heterocycles. The zero-order valence-corrected chi connectivity index (χ0v) is 12.9. The number of halogens is 2. The maximum Gasteiger partial charge on any atom is 0.151 e. The average molecular weight is 303 g/mol. The number of hydrogen-bond acceptors (Lipinski definition) is 1. The largest absolute Gasteiger partial charge is 0.295 e. The molecule has 3 rings (SSSR count). The van der Waals surface area contributed by atoms with Crippen LogP contribution in [-0.4, -0.2) is 9.55 Å². The number of imidazole rings is 1. The van der Waals surface area contributed by atoms with Crippen molar-refractivity contribution in [3.63, 3.8) is 0 Å². The molecule has 0 amide bonds. The van der Waals surface area contributed by atoms with Gasteiger partial charge < -0.3 is 0 Å². The van der Waals surface area contributed by atoms with Crippen molar-refractivity contribution in [3.8, 4) is 5.69 Å². The number of hydrogen-bond donors (Lipinski definition) is 0. The van der Waals surface area contributed by atoms with Gasteiger partial charge in [0.05, 0.1) is 10.9 Å². The molecule has 0 radical (unpaired) electrons. The topological polar surface area (TPSA) is 17.8 Å². The van der Waals surface area contributed by atoms with Gasteiger partial charge in [-0.05, 0) is 56.2 Å². The average Bonchev–Trinajstić information content (AvgIpc) is 2.78. The Bertz CT molecular complexity index is 801. The summed E-state index contributed by atoms with van der Waals surface area (Å²) in [7, 11) is 0. The Hall–Kier alpha value is -1.87. The van der Waals surface area contributed by atoms with Crippen molar-refractivity contribution in [2.75, 3.05) is 0 Å². The van der Waals surface area contributed by atoms with Gasteiger partial charge in [-0.2, -0.15) is 0 Å². The van der Waals surface area contributed by atoms with Crippen molar-refractivity contribution >= 4 is 22.6 Å². The molecule has 0 N–H and O–H groups in total. The van der Waals surface area contributed by atoms with Gasteiger partial charge in [-0.3, -0.25) is 4.57 Å². The molecule has 0 aliphatic carbocycles. The Morgan fingerprint density at radius 1 is 1.14 bits per heavy atom. The molecule has 0 saturated heterocycles. The fraction of sp³-hybridized carbons (Fsp3) is 0.235. The second-order valence-corrected chi connectivity index (χ2v) is 6.03. The summed E-state index contributed by atoms with van der Waals surface area (Å²) in [4.78, 5) is 4.40. The Labute approximate surface area is 128 Å². The monoisotopic (exact) mass is 302 g/mol. The second kappa shape index (κ2) is 5.15. The van der Waals surface area contributed by atoms with Gasteiger partial charge in [-0.1, -0.05) is 12.1 Å². The first-order chi connectivity index (χ1) is 9.97. The Morgan fingerprint density at radius 3 is 2.43 bits per heavy atom. The minimum Gasteiger partial charge on any atom is -0.295 e. The second-order valence-electron chi connectivity index (χ2n) is 5.37. The molecule has 4 heteroatoms. The van der Waals surface area contributed by atoms with E-state index in [1.807, 2.05) is 31.4 Å². The van der Waals surface area contributed by atoms with Crippen molar-refractivity contribution in [3.05, 3.63) is 59.2 Å². The number of fused-ring (bicyclic) bond motifs is 1. The van der Waals surface area contributed by atoms with Gasteiger partial charge in [0.2, 0.25) is 0 Å². The molecule has 108 valence electrons. The van der Waals surface area contributed by atoms with Crippen LogP contribution in [0.25, 0.3) is 16.7 Å². The molecular formula is C17H16ClFN2. The maximum atomic E-state index is 14.0. The molecule has 1 unspecified atom stereocenters. The number of para-hydroxylation sites is 1. The fourth-order valence-electron chi connectivity index (χ4n) is 2.70. The lowest BCUT2D eigenvalue weighted by Crippen LogP contribution is -2.02. The molecule has 0 aliphatic rings. The van der Waals surface area contributed by atoms with Crippen molar-refractivity contribution in [1.82, 2.24) is 9.55 Å². The Morgan fingerprint density at radius 2 is 1.81 bits per heavy atom. The number of nitrogens with zero attached hydrogens (tertiary/aromatic N) is 2. The highest BCUT2D eigenvalue weighted by atomic mass is 35.5. The van der Waals surface area contributed by atoms with E-state index >= 15 is 0 Å². The predicted octanol–water partition coefficient (Wildman–Crippen LogP) is 5.08. The minimum atomic E-state index is -0.325. The molecule has 0 spiro atoms. The summed E-state index contributed by atoms with van der Waals surface area (Å²) in [5, 5.41) is -0.308. The lowest BCUT2D eigenvalue weighted by atomic mass is 10.1. The summed E-state index contributed by atoms with van der Waals surface area (Å²) in [6.45, 7) is 5.93. The van der Waals surface area contributed by atoms with Gasteiger partial charge in [-0.15, -0.1) is 11.6 Å². The summed E-state index contributed by atoms with van der Waals surface area (Å²) in [6.07, 6.45) is 0. The van der Waals surface area contributed by atoms with Gasteiger partial charge in [-0.25, -0.2) is 9.37 Å². The van der Waals surface area contributed by atoms with Crippen molar-refractivity contribution in [2.45, 2.75) is 26.1 Å². The summed E-state index contributed by atoms with van der Waals surface area (Å²) < 4.78 is 15.9. The Balaban J connectivity index is 2.39. The third kappa shape index (κ3) is 2.42. The zero-order chi connectivity index (χ0) is 15.1. The third-order valence-corrected chi connectivity index (χ3v) is 3.68. The first-order valence-electron chi connectivity index (χ1n) is 6.87. The first kappa shape index (κ1) is 14.1. The molecular weight excluding hydrogens is 287 g/mol. The van der Waals surface area contributed by atoms with E-state index in [0.717, 1.165) is 22.3 Å². The van der Waals surface area contributed by atoms with Gasteiger partial charge in [0, 0.05) is 5.69 Å². The highest BCUT2D eigenvalue weighted by molar-refractivity contribution is 6.20. The van der Waals surface area contributed by atoms with E-state index in [2.05, 4.69) is 23.2 Å². The normalized spacial score (nSPS) is 12.8. The van der Waals surface area contributed by atoms with Gasteiger partial charge in [0.25, 0.3) is 0 Å². The summed E-state index contributed by atoms with van der Waals surface area (Å²) in [6, 6.07) is 11.2. The number of aromatic nitrogens is 2. The van der Waals surface area contributed by atoms with Crippen LogP contribution in [-0.2, 0) is 0 Å². The highest BCUT2D eigenvalue weighted by Gasteiger charge is 2.18. The lowest BCUT2D eigenvalue weighted by Gasteiger charge is -2.12. The van der Waals surface area contributed by atoms with Crippen LogP contribution in [0.15, 0.2) is 36.4 Å². The lowest BCUT2D eigenvalue weighted by molar-refractivity contribution is 0.637. The van der Waals surface area contributed by atoms with E-state index in [1.165, 1.54) is 6.07 Å². The highest BCUT2D eigenvalue weighted by Crippen LogP contribution is 2.30. The molecule has 2 aromatic carbocycles. The van der Waals surface area contributed by atoms with Gasteiger partial charge in [0.15, 0.2) is 5.82 Å².